The van der Waals surface area contributed by atoms with E-state index in [1.165, 1.54) is 22.9 Å². The molecular weight excluding hydrogens is 425 g/mol. The molecule has 3 atom stereocenters. The lowest BCUT2D eigenvalue weighted by Gasteiger charge is -2.26. The molecule has 2 aromatic heterocycles. The van der Waals surface area contributed by atoms with Gasteiger partial charge in [-0.25, -0.2) is 9.37 Å². The van der Waals surface area contributed by atoms with E-state index in [-0.39, 0.29) is 40.6 Å². The lowest BCUT2D eigenvalue weighted by Crippen LogP contribution is -2.38. The molecule has 1 amide bonds. The number of hydrogen-bond acceptors (Lipinski definition) is 6. The van der Waals surface area contributed by atoms with Crippen molar-refractivity contribution >= 4 is 11.9 Å². The summed E-state index contributed by atoms with van der Waals surface area (Å²) < 4.78 is 21.0. The molecule has 3 aromatic rings. The van der Waals surface area contributed by atoms with Gasteiger partial charge in [0.15, 0.2) is 5.82 Å². The molecule has 1 aliphatic heterocycles. The smallest absolute Gasteiger partial charge is 0.257 e. The Morgan fingerprint density at radius 3 is 2.64 bits per heavy atom. The van der Waals surface area contributed by atoms with Gasteiger partial charge in [-0.1, -0.05) is 12.1 Å². The Balaban J connectivity index is 1.35. The molecule has 5 rings (SSSR count). The number of hydrogen-bond donors (Lipinski definition) is 0. The summed E-state index contributed by atoms with van der Waals surface area (Å²) >= 11 is 0. The molecule has 2 aliphatic rings. The third-order valence-corrected chi connectivity index (χ3v) is 6.70. The summed E-state index contributed by atoms with van der Waals surface area (Å²) in [6, 6.07) is 10.2. The minimum atomic E-state index is -0.527. The quantitative estimate of drug-likeness (QED) is 0.594. The van der Waals surface area contributed by atoms with Gasteiger partial charge in [-0.2, -0.15) is 0 Å². The predicted octanol–water partition coefficient (Wildman–Crippen LogP) is 2.20. The monoisotopic (exact) mass is 449 g/mol. The van der Waals surface area contributed by atoms with Crippen LogP contribution < -0.4 is 15.2 Å². The number of para-hydroxylation sites is 1. The second kappa shape index (κ2) is 7.99. The number of anilines is 1. The third-order valence-electron chi connectivity index (χ3n) is 6.70. The molecule has 0 spiro atoms. The van der Waals surface area contributed by atoms with Crippen molar-refractivity contribution in [1.29, 1.82) is 0 Å². The minimum absolute atomic E-state index is 0.0401. The van der Waals surface area contributed by atoms with Crippen LogP contribution in [-0.4, -0.2) is 58.6 Å². The molecule has 0 bridgehead atoms. The highest BCUT2D eigenvalue weighted by Crippen LogP contribution is 2.49. The van der Waals surface area contributed by atoms with Crippen LogP contribution in [-0.2, 0) is 7.05 Å². The first kappa shape index (κ1) is 21.1. The van der Waals surface area contributed by atoms with E-state index >= 15 is 0 Å². The third kappa shape index (κ3) is 3.53. The van der Waals surface area contributed by atoms with E-state index in [4.69, 9.17) is 4.74 Å². The van der Waals surface area contributed by atoms with Crippen molar-refractivity contribution in [2.24, 2.45) is 18.9 Å². The van der Waals surface area contributed by atoms with E-state index < -0.39 is 5.82 Å². The zero-order chi connectivity index (χ0) is 23.3. The van der Waals surface area contributed by atoms with Gasteiger partial charge in [0.05, 0.1) is 24.6 Å². The maximum absolute atomic E-state index is 14.2. The molecule has 0 unspecified atom stereocenters. The number of rotatable bonds is 5. The number of benzene rings is 1. The molecule has 0 N–H and O–H groups in total. The van der Waals surface area contributed by atoms with Crippen LogP contribution in [0.2, 0.25) is 0 Å². The number of likely N-dealkylation sites (tertiary alicyclic amines) is 1. The van der Waals surface area contributed by atoms with Crippen LogP contribution in [0.5, 0.6) is 5.75 Å². The highest BCUT2D eigenvalue weighted by Gasteiger charge is 2.59. The Morgan fingerprint density at radius 2 is 1.94 bits per heavy atom. The molecule has 1 aliphatic carbocycles. The fraction of sp³-hybridized carbons (Fsp3) is 0.333. The van der Waals surface area contributed by atoms with Crippen molar-refractivity contribution < 1.29 is 13.9 Å². The van der Waals surface area contributed by atoms with Gasteiger partial charge in [0, 0.05) is 62.9 Å². The summed E-state index contributed by atoms with van der Waals surface area (Å²) in [7, 11) is 5.11. The van der Waals surface area contributed by atoms with Crippen molar-refractivity contribution in [3.63, 3.8) is 0 Å². The Kier molecular flexibility index (Phi) is 5.11. The molecule has 2 fully saturated rings. The molecule has 3 heterocycles. The van der Waals surface area contributed by atoms with Gasteiger partial charge >= 0.3 is 0 Å². The Labute approximate surface area is 190 Å². The first-order valence-corrected chi connectivity index (χ1v) is 10.7. The van der Waals surface area contributed by atoms with Gasteiger partial charge in [-0.15, -0.1) is 0 Å². The number of fused-ring (bicyclic) bond motifs is 1. The molecular formula is C24H24FN5O3. The highest BCUT2D eigenvalue weighted by atomic mass is 19.1. The largest absolute Gasteiger partial charge is 0.496 e. The number of nitrogens with zero attached hydrogens (tertiary/aromatic N) is 5. The van der Waals surface area contributed by atoms with Crippen LogP contribution in [0.1, 0.15) is 10.4 Å². The van der Waals surface area contributed by atoms with Gasteiger partial charge in [-0.05, 0) is 18.2 Å². The van der Waals surface area contributed by atoms with Crippen LogP contribution in [0.25, 0.3) is 11.3 Å². The summed E-state index contributed by atoms with van der Waals surface area (Å²) in [5.41, 5.74) is 0.805. The standard InChI is InChI=1S/C24H24FN5O3/c1-28-21(31)10-19(14-8-9-26-11-18(14)25)27-24(28)29(2)22-16-12-30(13-17(16)22)23(32)15-6-4-5-7-20(15)33-3/h4-11,16-17,22H,12-13H2,1-3H3/t16-,17+,22-. The number of methoxy groups -OCH3 is 1. The van der Waals surface area contributed by atoms with E-state index in [1.54, 1.807) is 26.3 Å². The summed E-state index contributed by atoms with van der Waals surface area (Å²) in [6.07, 6.45) is 2.58. The van der Waals surface area contributed by atoms with Crippen LogP contribution >= 0.6 is 0 Å². The molecule has 33 heavy (non-hydrogen) atoms. The lowest BCUT2D eigenvalue weighted by atomic mass is 10.1. The number of aromatic nitrogens is 3. The second-order valence-electron chi connectivity index (χ2n) is 8.53. The predicted molar refractivity (Wildman–Crippen MR) is 121 cm³/mol. The summed E-state index contributed by atoms with van der Waals surface area (Å²) in [5.74, 6) is 1.04. The molecule has 0 radical (unpaired) electrons. The number of pyridine rings is 1. The van der Waals surface area contributed by atoms with E-state index in [1.807, 2.05) is 29.0 Å². The molecule has 9 heteroatoms. The number of halogens is 1. The zero-order valence-corrected chi connectivity index (χ0v) is 18.6. The number of ether oxygens (including phenoxy) is 1. The van der Waals surface area contributed by atoms with E-state index in [0.717, 1.165) is 6.20 Å². The number of carbonyl (C=O) groups is 1. The first-order chi connectivity index (χ1) is 15.9. The van der Waals surface area contributed by atoms with Crippen molar-refractivity contribution in [3.05, 3.63) is 70.5 Å². The number of amides is 1. The van der Waals surface area contributed by atoms with Crippen molar-refractivity contribution in [2.75, 3.05) is 32.1 Å². The molecule has 170 valence electrons. The summed E-state index contributed by atoms with van der Waals surface area (Å²) in [5, 5.41) is 0. The average molecular weight is 449 g/mol. The average Bonchev–Trinajstić information content (AvgIpc) is 3.32. The molecule has 1 saturated heterocycles. The summed E-state index contributed by atoms with van der Waals surface area (Å²) in [4.78, 5) is 37.8. The van der Waals surface area contributed by atoms with Gasteiger partial charge in [0.2, 0.25) is 5.95 Å². The molecule has 1 aromatic carbocycles. The zero-order valence-electron chi connectivity index (χ0n) is 18.6. The Hall–Kier alpha value is -3.75. The number of piperidine rings is 1. The van der Waals surface area contributed by atoms with Crippen molar-refractivity contribution in [3.8, 4) is 17.0 Å². The second-order valence-corrected chi connectivity index (χ2v) is 8.53. The van der Waals surface area contributed by atoms with Gasteiger partial charge in [0.25, 0.3) is 11.5 Å². The van der Waals surface area contributed by atoms with Crippen LogP contribution in [0, 0.1) is 17.7 Å². The van der Waals surface area contributed by atoms with Crippen molar-refractivity contribution in [2.45, 2.75) is 6.04 Å². The van der Waals surface area contributed by atoms with Crippen molar-refractivity contribution in [1.82, 2.24) is 19.4 Å². The Morgan fingerprint density at radius 1 is 1.21 bits per heavy atom. The Bertz CT molecular complexity index is 1280. The summed E-state index contributed by atoms with van der Waals surface area (Å²) in [6.45, 7) is 1.26. The van der Waals surface area contributed by atoms with Gasteiger partial charge in [0.1, 0.15) is 5.75 Å². The molecule has 1 saturated carbocycles. The maximum Gasteiger partial charge on any atom is 0.257 e. The van der Waals surface area contributed by atoms with Crippen LogP contribution in [0.4, 0.5) is 10.3 Å². The van der Waals surface area contributed by atoms with Crippen LogP contribution in [0.3, 0.4) is 0 Å². The number of carbonyl (C=O) groups excluding carboxylic acids is 1. The SMILES string of the molecule is COc1ccccc1C(=O)N1C[C@@H]2[C@H](C1)[C@@H]2N(C)c1nc(-c2ccncc2F)cc(=O)n1C. The van der Waals surface area contributed by atoms with E-state index in [9.17, 15) is 14.0 Å². The fourth-order valence-electron chi connectivity index (χ4n) is 4.92. The van der Waals surface area contributed by atoms with Crippen LogP contribution in [0.15, 0.2) is 53.6 Å². The minimum Gasteiger partial charge on any atom is -0.496 e. The highest BCUT2D eigenvalue weighted by molar-refractivity contribution is 5.97. The molecule has 8 nitrogen and oxygen atoms in total. The topological polar surface area (TPSA) is 80.6 Å². The lowest BCUT2D eigenvalue weighted by molar-refractivity contribution is 0.0769. The van der Waals surface area contributed by atoms with E-state index in [0.29, 0.717) is 30.4 Å². The van der Waals surface area contributed by atoms with Gasteiger partial charge in [-0.3, -0.25) is 19.1 Å². The van der Waals surface area contributed by atoms with E-state index in [2.05, 4.69) is 9.97 Å². The maximum atomic E-state index is 14.2. The first-order valence-electron chi connectivity index (χ1n) is 10.7. The normalized spacial score (nSPS) is 21.0. The fourth-order valence-corrected chi connectivity index (χ4v) is 4.92. The van der Waals surface area contributed by atoms with Gasteiger partial charge < -0.3 is 14.5 Å².